The fraction of sp³-hybridized carbons (Fsp3) is 0.929. The second-order valence-corrected chi connectivity index (χ2v) is 5.36. The van der Waals surface area contributed by atoms with Gasteiger partial charge in [0.15, 0.2) is 0 Å². The molecule has 19 heavy (non-hydrogen) atoms. The third-order valence-corrected chi connectivity index (χ3v) is 3.39. The molecule has 0 radical (unpaired) electrons. The third-order valence-electron chi connectivity index (χ3n) is 3.39. The summed E-state index contributed by atoms with van der Waals surface area (Å²) in [5.74, 6) is 0. The zero-order valence-electron chi connectivity index (χ0n) is 12.7. The van der Waals surface area contributed by atoms with Gasteiger partial charge in [-0.05, 0) is 32.2 Å². The van der Waals surface area contributed by atoms with E-state index in [0.29, 0.717) is 6.04 Å². The number of nitrogens with one attached hydrogen (secondary N) is 1. The van der Waals surface area contributed by atoms with E-state index in [0.717, 1.165) is 58.5 Å². The molecule has 1 aliphatic heterocycles. The summed E-state index contributed by atoms with van der Waals surface area (Å²) >= 11 is 0. The van der Waals surface area contributed by atoms with Gasteiger partial charge in [0.2, 0.25) is 0 Å². The van der Waals surface area contributed by atoms with E-state index in [1.165, 1.54) is 0 Å². The molecule has 2 amide bonds. The predicted octanol–water partition coefficient (Wildman–Crippen LogP) is 1.54. The first kappa shape index (κ1) is 16.2. The van der Waals surface area contributed by atoms with Crippen LogP contribution in [0.5, 0.6) is 0 Å². The lowest BCUT2D eigenvalue weighted by Gasteiger charge is -2.34. The second kappa shape index (κ2) is 9.15. The van der Waals surface area contributed by atoms with Crippen LogP contribution in [0.15, 0.2) is 0 Å². The predicted molar refractivity (Wildman–Crippen MR) is 77.4 cm³/mol. The van der Waals surface area contributed by atoms with Gasteiger partial charge in [-0.3, -0.25) is 0 Å². The number of amides is 2. The van der Waals surface area contributed by atoms with E-state index in [1.807, 2.05) is 19.0 Å². The Labute approximate surface area is 117 Å². The molecule has 0 bridgehead atoms. The molecule has 1 saturated heterocycles. The lowest BCUT2D eigenvalue weighted by atomic mass is 10.1. The zero-order chi connectivity index (χ0) is 14.1. The van der Waals surface area contributed by atoms with Crippen molar-refractivity contribution in [3.05, 3.63) is 0 Å². The van der Waals surface area contributed by atoms with Crippen LogP contribution in [0.2, 0.25) is 0 Å². The number of urea groups is 1. The smallest absolute Gasteiger partial charge is 0.319 e. The minimum absolute atomic E-state index is 0.131. The highest BCUT2D eigenvalue weighted by Gasteiger charge is 2.22. The topological polar surface area (TPSA) is 44.8 Å². The van der Waals surface area contributed by atoms with E-state index in [9.17, 15) is 4.79 Å². The summed E-state index contributed by atoms with van der Waals surface area (Å²) < 4.78 is 5.45. The van der Waals surface area contributed by atoms with E-state index in [4.69, 9.17) is 4.74 Å². The largest absolute Gasteiger partial charge is 0.381 e. The number of carbonyl (C=O) groups excluding carboxylic acids is 1. The Kier molecular flexibility index (Phi) is 7.82. The van der Waals surface area contributed by atoms with Gasteiger partial charge in [0.05, 0.1) is 0 Å². The van der Waals surface area contributed by atoms with Crippen LogP contribution in [-0.2, 0) is 4.74 Å². The standard InChI is InChI=1S/C14H29N3O2/c1-4-11-19-12-5-8-15-13-6-9-17(10-7-13)14(18)16(2)3/h13,15H,4-12H2,1-3H3. The molecule has 0 aromatic carbocycles. The van der Waals surface area contributed by atoms with Crippen molar-refractivity contribution in [2.45, 2.75) is 38.6 Å². The summed E-state index contributed by atoms with van der Waals surface area (Å²) in [6, 6.07) is 0.684. The number of piperidine rings is 1. The molecule has 0 spiro atoms. The first-order valence-electron chi connectivity index (χ1n) is 7.42. The zero-order valence-corrected chi connectivity index (χ0v) is 12.7. The van der Waals surface area contributed by atoms with Gasteiger partial charge in [-0.1, -0.05) is 6.92 Å². The van der Waals surface area contributed by atoms with Gasteiger partial charge < -0.3 is 19.9 Å². The Hall–Kier alpha value is -0.810. The molecule has 0 aromatic heterocycles. The van der Waals surface area contributed by atoms with E-state index in [-0.39, 0.29) is 6.03 Å². The molecule has 0 aliphatic carbocycles. The SMILES string of the molecule is CCCOCCCNC1CCN(C(=O)N(C)C)CC1. The Balaban J connectivity index is 2.05. The van der Waals surface area contributed by atoms with Crippen molar-refractivity contribution in [2.75, 3.05) is 46.9 Å². The normalized spacial score (nSPS) is 16.7. The summed E-state index contributed by atoms with van der Waals surface area (Å²) in [5, 5.41) is 3.56. The fourth-order valence-electron chi connectivity index (χ4n) is 2.28. The van der Waals surface area contributed by atoms with E-state index < -0.39 is 0 Å². The van der Waals surface area contributed by atoms with Crippen LogP contribution in [0.4, 0.5) is 4.79 Å². The highest BCUT2D eigenvalue weighted by atomic mass is 16.5. The fourth-order valence-corrected chi connectivity index (χ4v) is 2.28. The van der Waals surface area contributed by atoms with Crippen LogP contribution in [0.3, 0.4) is 0 Å². The number of hydrogen-bond donors (Lipinski definition) is 1. The minimum Gasteiger partial charge on any atom is -0.381 e. The number of carbonyl (C=O) groups is 1. The summed E-state index contributed by atoms with van der Waals surface area (Å²) in [7, 11) is 3.62. The average molecular weight is 271 g/mol. The molecular formula is C14H29N3O2. The first-order valence-corrected chi connectivity index (χ1v) is 7.42. The van der Waals surface area contributed by atoms with E-state index in [1.54, 1.807) is 4.90 Å². The van der Waals surface area contributed by atoms with Crippen LogP contribution >= 0.6 is 0 Å². The number of likely N-dealkylation sites (tertiary alicyclic amines) is 1. The first-order chi connectivity index (χ1) is 9.15. The summed E-state index contributed by atoms with van der Waals surface area (Å²) in [6.07, 6.45) is 4.26. The molecule has 0 aromatic rings. The maximum atomic E-state index is 11.8. The number of nitrogens with zero attached hydrogens (tertiary/aromatic N) is 2. The minimum atomic E-state index is 0.131. The molecule has 1 N–H and O–H groups in total. The molecule has 1 rings (SSSR count). The molecule has 0 unspecified atom stereocenters. The molecule has 1 aliphatic rings. The van der Waals surface area contributed by atoms with Crippen LogP contribution < -0.4 is 5.32 Å². The maximum Gasteiger partial charge on any atom is 0.319 e. The highest BCUT2D eigenvalue weighted by Crippen LogP contribution is 2.11. The number of rotatable bonds is 7. The van der Waals surface area contributed by atoms with Gasteiger partial charge in [0.25, 0.3) is 0 Å². The Bertz CT molecular complexity index is 251. The van der Waals surface area contributed by atoms with Crippen molar-refractivity contribution in [3.63, 3.8) is 0 Å². The van der Waals surface area contributed by atoms with Crippen molar-refractivity contribution >= 4 is 6.03 Å². The van der Waals surface area contributed by atoms with Gasteiger partial charge in [-0.15, -0.1) is 0 Å². The monoisotopic (exact) mass is 271 g/mol. The van der Waals surface area contributed by atoms with Crippen LogP contribution in [0, 0.1) is 0 Å². The molecule has 0 atom stereocenters. The van der Waals surface area contributed by atoms with Crippen molar-refractivity contribution in [2.24, 2.45) is 0 Å². The number of ether oxygens (including phenoxy) is 1. The lowest BCUT2D eigenvalue weighted by molar-refractivity contribution is 0.129. The molecule has 1 heterocycles. The molecule has 5 heteroatoms. The van der Waals surface area contributed by atoms with Crippen molar-refractivity contribution < 1.29 is 9.53 Å². The van der Waals surface area contributed by atoms with Gasteiger partial charge >= 0.3 is 6.03 Å². The van der Waals surface area contributed by atoms with Gasteiger partial charge in [0, 0.05) is 46.4 Å². The summed E-state index contributed by atoms with van der Waals surface area (Å²) in [4.78, 5) is 15.4. The number of hydrogen-bond acceptors (Lipinski definition) is 3. The van der Waals surface area contributed by atoms with Gasteiger partial charge in [-0.2, -0.15) is 0 Å². The van der Waals surface area contributed by atoms with Crippen molar-refractivity contribution in [1.29, 1.82) is 0 Å². The van der Waals surface area contributed by atoms with Crippen molar-refractivity contribution in [1.82, 2.24) is 15.1 Å². The molecule has 112 valence electrons. The third kappa shape index (κ3) is 6.25. The molecule has 0 saturated carbocycles. The quantitative estimate of drug-likeness (QED) is 0.714. The Morgan fingerprint density at radius 2 is 2.00 bits per heavy atom. The van der Waals surface area contributed by atoms with Crippen molar-refractivity contribution in [3.8, 4) is 0 Å². The maximum absolute atomic E-state index is 11.8. The van der Waals surface area contributed by atoms with E-state index >= 15 is 0 Å². The molecular weight excluding hydrogens is 242 g/mol. The van der Waals surface area contributed by atoms with Crippen LogP contribution in [0.25, 0.3) is 0 Å². The van der Waals surface area contributed by atoms with Crippen LogP contribution in [-0.4, -0.2) is 68.8 Å². The lowest BCUT2D eigenvalue weighted by Crippen LogP contribution is -2.48. The molecule has 5 nitrogen and oxygen atoms in total. The van der Waals surface area contributed by atoms with E-state index in [2.05, 4.69) is 12.2 Å². The van der Waals surface area contributed by atoms with Crippen LogP contribution in [0.1, 0.15) is 32.6 Å². The summed E-state index contributed by atoms with van der Waals surface area (Å²) in [5.41, 5.74) is 0. The highest BCUT2D eigenvalue weighted by molar-refractivity contribution is 5.73. The average Bonchev–Trinajstić information content (AvgIpc) is 2.42. The van der Waals surface area contributed by atoms with Gasteiger partial charge in [0.1, 0.15) is 0 Å². The summed E-state index contributed by atoms with van der Waals surface area (Å²) in [6.45, 7) is 6.57. The molecule has 1 fully saturated rings. The second-order valence-electron chi connectivity index (χ2n) is 5.36. The Morgan fingerprint density at radius 3 is 2.58 bits per heavy atom. The van der Waals surface area contributed by atoms with Gasteiger partial charge in [-0.25, -0.2) is 4.79 Å². The Morgan fingerprint density at radius 1 is 1.32 bits per heavy atom.